The summed E-state index contributed by atoms with van der Waals surface area (Å²) >= 11 is 5.98. The van der Waals surface area contributed by atoms with Crippen molar-refractivity contribution in [3.05, 3.63) is 70.8 Å². The second-order valence-corrected chi connectivity index (χ2v) is 6.94. The van der Waals surface area contributed by atoms with Gasteiger partial charge in [-0.15, -0.1) is 0 Å². The number of nitrogens with zero attached hydrogens (tertiary/aromatic N) is 2. The largest absolute Gasteiger partial charge is 0.349 e. The Morgan fingerprint density at radius 2 is 1.96 bits per heavy atom. The maximum absolute atomic E-state index is 12.6. The Kier molecular flexibility index (Phi) is 5.76. The molecule has 2 N–H and O–H groups in total. The maximum atomic E-state index is 12.6. The molecule has 1 aromatic carbocycles. The van der Waals surface area contributed by atoms with E-state index >= 15 is 0 Å². The number of pyridine rings is 1. The first-order valence-electron chi connectivity index (χ1n) is 8.76. The van der Waals surface area contributed by atoms with Gasteiger partial charge in [-0.25, -0.2) is 4.98 Å². The molecule has 3 aromatic rings. The number of amides is 2. The minimum Gasteiger partial charge on any atom is -0.349 e. The molecule has 0 spiro atoms. The molecule has 0 atom stereocenters. The van der Waals surface area contributed by atoms with Crippen LogP contribution in [0.4, 0.5) is 0 Å². The molecular formula is C20H21ClN4O2. The number of carbonyl (C=O) groups excluding carboxylic acids is 2. The van der Waals surface area contributed by atoms with E-state index in [1.54, 1.807) is 22.7 Å². The van der Waals surface area contributed by atoms with Gasteiger partial charge in [0.1, 0.15) is 0 Å². The molecule has 0 aliphatic heterocycles. The average molecular weight is 385 g/mol. The zero-order valence-electron chi connectivity index (χ0n) is 15.2. The zero-order chi connectivity index (χ0) is 19.4. The summed E-state index contributed by atoms with van der Waals surface area (Å²) in [6, 6.07) is 12.9. The molecule has 3 rings (SSSR count). The van der Waals surface area contributed by atoms with Crippen LogP contribution in [0.1, 0.15) is 40.5 Å². The summed E-state index contributed by atoms with van der Waals surface area (Å²) < 4.78 is 1.63. The highest BCUT2D eigenvalue weighted by molar-refractivity contribution is 6.30. The lowest BCUT2D eigenvalue weighted by atomic mass is 10.1. The lowest BCUT2D eigenvalue weighted by molar-refractivity contribution is 0.0940. The standard InChI is InChI=1S/C20H21ClN4O2/c1-13(2)23-19(26)17-16-8-3-4-11-25(16)18(24-17)20(27)22-10-9-14-6-5-7-15(21)12-14/h3-8,11-13H,9-10H2,1-2H3,(H,22,27)(H,23,26). The normalized spacial score (nSPS) is 11.0. The topological polar surface area (TPSA) is 75.5 Å². The third-order valence-corrected chi connectivity index (χ3v) is 4.21. The van der Waals surface area contributed by atoms with E-state index in [4.69, 9.17) is 11.6 Å². The highest BCUT2D eigenvalue weighted by atomic mass is 35.5. The van der Waals surface area contributed by atoms with Gasteiger partial charge in [0.2, 0.25) is 5.82 Å². The fourth-order valence-electron chi connectivity index (χ4n) is 2.79. The van der Waals surface area contributed by atoms with Gasteiger partial charge >= 0.3 is 0 Å². The van der Waals surface area contributed by atoms with E-state index in [1.807, 2.05) is 44.2 Å². The first-order chi connectivity index (χ1) is 13.0. The van der Waals surface area contributed by atoms with Crippen molar-refractivity contribution in [2.24, 2.45) is 0 Å². The molecule has 2 amide bonds. The smallest absolute Gasteiger partial charge is 0.287 e. The van der Waals surface area contributed by atoms with Crippen molar-refractivity contribution in [3.63, 3.8) is 0 Å². The molecule has 7 heteroatoms. The van der Waals surface area contributed by atoms with Crippen LogP contribution in [0.15, 0.2) is 48.7 Å². The lowest BCUT2D eigenvalue weighted by Crippen LogP contribution is -2.31. The Morgan fingerprint density at radius 3 is 2.70 bits per heavy atom. The van der Waals surface area contributed by atoms with Crippen LogP contribution in [-0.4, -0.2) is 33.8 Å². The minimum atomic E-state index is -0.332. The van der Waals surface area contributed by atoms with Crippen molar-refractivity contribution < 1.29 is 9.59 Å². The van der Waals surface area contributed by atoms with Crippen LogP contribution in [0.3, 0.4) is 0 Å². The number of nitrogens with one attached hydrogen (secondary N) is 2. The summed E-state index contributed by atoms with van der Waals surface area (Å²) in [4.78, 5) is 29.3. The molecule has 0 aliphatic carbocycles. The van der Waals surface area contributed by atoms with Crippen LogP contribution < -0.4 is 10.6 Å². The Labute approximate surface area is 162 Å². The van der Waals surface area contributed by atoms with Crippen LogP contribution in [0.2, 0.25) is 5.02 Å². The average Bonchev–Trinajstić information content (AvgIpc) is 3.01. The predicted octanol–water partition coefficient (Wildman–Crippen LogP) is 3.10. The molecule has 0 saturated carbocycles. The third-order valence-electron chi connectivity index (χ3n) is 3.97. The van der Waals surface area contributed by atoms with Crippen LogP contribution in [0.25, 0.3) is 5.52 Å². The quantitative estimate of drug-likeness (QED) is 0.685. The zero-order valence-corrected chi connectivity index (χ0v) is 16.0. The van der Waals surface area contributed by atoms with Gasteiger partial charge in [-0.2, -0.15) is 0 Å². The summed E-state index contributed by atoms with van der Waals surface area (Å²) in [6.45, 7) is 4.19. The predicted molar refractivity (Wildman–Crippen MR) is 105 cm³/mol. The van der Waals surface area contributed by atoms with Crippen LogP contribution >= 0.6 is 11.6 Å². The molecular weight excluding hydrogens is 364 g/mol. The van der Waals surface area contributed by atoms with Crippen LogP contribution in [-0.2, 0) is 6.42 Å². The molecule has 140 valence electrons. The first kappa shape index (κ1) is 18.9. The van der Waals surface area contributed by atoms with Crippen molar-refractivity contribution >= 4 is 28.9 Å². The molecule has 0 unspecified atom stereocenters. The number of hydrogen-bond donors (Lipinski definition) is 2. The summed E-state index contributed by atoms with van der Waals surface area (Å²) in [5.74, 6) is -0.445. The molecule has 2 heterocycles. The van der Waals surface area contributed by atoms with Crippen LogP contribution in [0, 0.1) is 0 Å². The van der Waals surface area contributed by atoms with Crippen molar-refractivity contribution in [1.82, 2.24) is 20.0 Å². The molecule has 0 bridgehead atoms. The summed E-state index contributed by atoms with van der Waals surface area (Å²) in [5.41, 5.74) is 1.87. The molecule has 0 radical (unpaired) electrons. The van der Waals surface area contributed by atoms with Crippen LogP contribution in [0.5, 0.6) is 0 Å². The van der Waals surface area contributed by atoms with Crippen molar-refractivity contribution in [3.8, 4) is 0 Å². The van der Waals surface area contributed by atoms with Crippen molar-refractivity contribution in [2.45, 2.75) is 26.3 Å². The van der Waals surface area contributed by atoms with E-state index in [9.17, 15) is 9.59 Å². The Hall–Kier alpha value is -2.86. The number of carbonyl (C=O) groups is 2. The van der Waals surface area contributed by atoms with E-state index in [1.165, 1.54) is 0 Å². The van der Waals surface area contributed by atoms with Gasteiger partial charge in [-0.3, -0.25) is 14.0 Å². The SMILES string of the molecule is CC(C)NC(=O)c1nc(C(=O)NCCc2cccc(Cl)c2)n2ccccc12. The number of fused-ring (bicyclic) bond motifs is 1. The highest BCUT2D eigenvalue weighted by Gasteiger charge is 2.21. The maximum Gasteiger partial charge on any atom is 0.287 e. The fourth-order valence-corrected chi connectivity index (χ4v) is 3.00. The van der Waals surface area contributed by atoms with Gasteiger partial charge in [0, 0.05) is 23.8 Å². The molecule has 2 aromatic heterocycles. The number of halogens is 1. The first-order valence-corrected chi connectivity index (χ1v) is 9.14. The van der Waals surface area contributed by atoms with E-state index in [0.717, 1.165) is 5.56 Å². The van der Waals surface area contributed by atoms with E-state index in [-0.39, 0.29) is 29.4 Å². The third kappa shape index (κ3) is 4.46. The number of hydrogen-bond acceptors (Lipinski definition) is 3. The van der Waals surface area contributed by atoms with E-state index in [0.29, 0.717) is 23.5 Å². The Balaban J connectivity index is 1.77. The van der Waals surface area contributed by atoms with Crippen molar-refractivity contribution in [2.75, 3.05) is 6.54 Å². The molecule has 27 heavy (non-hydrogen) atoms. The highest BCUT2D eigenvalue weighted by Crippen LogP contribution is 2.14. The molecule has 0 aliphatic rings. The molecule has 0 fully saturated rings. The number of imidazole rings is 1. The molecule has 0 saturated heterocycles. The number of rotatable bonds is 6. The summed E-state index contributed by atoms with van der Waals surface area (Å²) in [7, 11) is 0. The number of benzene rings is 1. The van der Waals surface area contributed by atoms with E-state index < -0.39 is 0 Å². The fraction of sp³-hybridized carbons (Fsp3) is 0.250. The second kappa shape index (κ2) is 8.22. The Bertz CT molecular complexity index is 981. The van der Waals surface area contributed by atoms with Gasteiger partial charge in [-0.1, -0.05) is 29.8 Å². The van der Waals surface area contributed by atoms with Gasteiger partial charge in [-0.05, 0) is 50.1 Å². The monoisotopic (exact) mass is 384 g/mol. The van der Waals surface area contributed by atoms with Crippen molar-refractivity contribution in [1.29, 1.82) is 0 Å². The second-order valence-electron chi connectivity index (χ2n) is 6.50. The molecule has 6 nitrogen and oxygen atoms in total. The van der Waals surface area contributed by atoms with Gasteiger partial charge in [0.15, 0.2) is 5.69 Å². The van der Waals surface area contributed by atoms with Gasteiger partial charge < -0.3 is 10.6 Å². The summed E-state index contributed by atoms with van der Waals surface area (Å²) in [6.07, 6.45) is 2.37. The van der Waals surface area contributed by atoms with E-state index in [2.05, 4.69) is 15.6 Å². The Morgan fingerprint density at radius 1 is 1.15 bits per heavy atom. The van der Waals surface area contributed by atoms with Gasteiger partial charge in [0.05, 0.1) is 5.52 Å². The minimum absolute atomic E-state index is 0.0204. The summed E-state index contributed by atoms with van der Waals surface area (Å²) in [5, 5.41) is 6.34. The van der Waals surface area contributed by atoms with Gasteiger partial charge in [0.25, 0.3) is 11.8 Å². The lowest BCUT2D eigenvalue weighted by Gasteiger charge is -2.06. The number of aromatic nitrogens is 2.